The van der Waals surface area contributed by atoms with E-state index in [9.17, 15) is 4.79 Å². The highest BCUT2D eigenvalue weighted by Gasteiger charge is 2.51. The predicted octanol–water partition coefficient (Wildman–Crippen LogP) is 4.71. The summed E-state index contributed by atoms with van der Waals surface area (Å²) >= 11 is 0. The molecule has 5 heteroatoms. The van der Waals surface area contributed by atoms with Gasteiger partial charge in [0.15, 0.2) is 0 Å². The fourth-order valence-electron chi connectivity index (χ4n) is 6.54. The van der Waals surface area contributed by atoms with Crippen molar-refractivity contribution in [2.75, 3.05) is 19.9 Å². The number of hydrogen-bond acceptors (Lipinski definition) is 5. The Morgan fingerprint density at radius 3 is 2.83 bits per heavy atom. The first-order valence-electron chi connectivity index (χ1n) is 11.5. The van der Waals surface area contributed by atoms with Crippen molar-refractivity contribution in [3.63, 3.8) is 0 Å². The summed E-state index contributed by atoms with van der Waals surface area (Å²) in [6, 6.07) is 7.08. The summed E-state index contributed by atoms with van der Waals surface area (Å²) in [7, 11) is 0. The average Bonchev–Trinajstić information content (AvgIpc) is 3.26. The van der Waals surface area contributed by atoms with Gasteiger partial charge in [-0.2, -0.15) is 0 Å². The van der Waals surface area contributed by atoms with Gasteiger partial charge in [-0.1, -0.05) is 31.7 Å². The third-order valence-electron chi connectivity index (χ3n) is 7.93. The van der Waals surface area contributed by atoms with Gasteiger partial charge in [0, 0.05) is 11.5 Å². The number of piperidine rings is 1. The van der Waals surface area contributed by atoms with Gasteiger partial charge in [-0.15, -0.1) is 0 Å². The van der Waals surface area contributed by atoms with Gasteiger partial charge < -0.3 is 19.5 Å². The molecule has 29 heavy (non-hydrogen) atoms. The maximum Gasteiger partial charge on any atom is 0.511 e. The summed E-state index contributed by atoms with van der Waals surface area (Å²) in [4.78, 5) is 11.8. The minimum absolute atomic E-state index is 0.0943. The summed E-state index contributed by atoms with van der Waals surface area (Å²) in [6.45, 7) is 1.49. The maximum absolute atomic E-state index is 11.8. The molecule has 1 aromatic carbocycles. The maximum atomic E-state index is 11.8. The fraction of sp³-hybridized carbons (Fsp3) is 0.708. The minimum atomic E-state index is -0.623. The van der Waals surface area contributed by atoms with Crippen LogP contribution in [-0.2, 0) is 21.3 Å². The molecular formula is C24H33NO4. The lowest BCUT2D eigenvalue weighted by molar-refractivity contribution is -0.00134. The Morgan fingerprint density at radius 2 is 1.93 bits per heavy atom. The zero-order valence-electron chi connectivity index (χ0n) is 17.3. The Bertz CT molecular complexity index is 740. The number of rotatable bonds is 5. The number of fused-ring (bicyclic) bond motifs is 1. The topological polar surface area (TPSA) is 56.8 Å². The average molecular weight is 400 g/mol. The third-order valence-corrected chi connectivity index (χ3v) is 7.93. The molecule has 1 saturated heterocycles. The molecule has 0 radical (unpaired) electrons. The summed E-state index contributed by atoms with van der Waals surface area (Å²) in [6.07, 6.45) is 11.8. The summed E-state index contributed by atoms with van der Waals surface area (Å²) < 4.78 is 16.2. The van der Waals surface area contributed by atoms with Gasteiger partial charge >= 0.3 is 6.16 Å². The molecule has 0 amide bonds. The van der Waals surface area contributed by atoms with Gasteiger partial charge in [-0.25, -0.2) is 4.79 Å². The Labute approximate surface area is 173 Å². The number of carbonyl (C=O) groups excluding carboxylic acids is 1. The molecule has 0 spiro atoms. The molecule has 5 rings (SSSR count). The molecule has 5 nitrogen and oxygen atoms in total. The number of ether oxygens (including phenoxy) is 3. The van der Waals surface area contributed by atoms with E-state index in [0.29, 0.717) is 24.0 Å². The van der Waals surface area contributed by atoms with E-state index in [2.05, 4.69) is 17.4 Å². The SMILES string of the molecule is O=C(OCOc1ccc2c(c1)[C@]13CCCC[C@@H]1[C@@H](C2)NCC3)OCC1CCCC1. The minimum Gasteiger partial charge on any atom is -0.457 e. The Hall–Kier alpha value is -1.75. The largest absolute Gasteiger partial charge is 0.511 e. The van der Waals surface area contributed by atoms with Crippen LogP contribution in [0.15, 0.2) is 18.2 Å². The Kier molecular flexibility index (Phi) is 5.42. The number of benzene rings is 1. The third kappa shape index (κ3) is 3.74. The van der Waals surface area contributed by atoms with Crippen molar-refractivity contribution < 1.29 is 19.0 Å². The van der Waals surface area contributed by atoms with Crippen LogP contribution in [0.1, 0.15) is 68.9 Å². The normalized spacial score (nSPS) is 30.9. The van der Waals surface area contributed by atoms with E-state index >= 15 is 0 Å². The lowest BCUT2D eigenvalue weighted by Gasteiger charge is -2.56. The molecule has 1 heterocycles. The van der Waals surface area contributed by atoms with Crippen LogP contribution in [0.2, 0.25) is 0 Å². The van der Waals surface area contributed by atoms with Gasteiger partial charge in [-0.3, -0.25) is 0 Å². The van der Waals surface area contributed by atoms with E-state index in [1.165, 1.54) is 56.1 Å². The van der Waals surface area contributed by atoms with Crippen molar-refractivity contribution in [2.24, 2.45) is 11.8 Å². The number of carbonyl (C=O) groups is 1. The molecule has 1 N–H and O–H groups in total. The van der Waals surface area contributed by atoms with Gasteiger partial charge in [0.1, 0.15) is 5.75 Å². The van der Waals surface area contributed by atoms with Crippen molar-refractivity contribution in [3.05, 3.63) is 29.3 Å². The zero-order valence-corrected chi connectivity index (χ0v) is 17.3. The van der Waals surface area contributed by atoms with Gasteiger partial charge in [0.05, 0.1) is 6.61 Å². The number of hydrogen-bond donors (Lipinski definition) is 1. The zero-order chi connectivity index (χ0) is 19.7. The van der Waals surface area contributed by atoms with E-state index in [1.54, 1.807) is 0 Å². The summed E-state index contributed by atoms with van der Waals surface area (Å²) in [5.74, 6) is 2.04. The molecule has 3 fully saturated rings. The smallest absolute Gasteiger partial charge is 0.457 e. The van der Waals surface area contributed by atoms with E-state index < -0.39 is 6.16 Å². The monoisotopic (exact) mass is 399 g/mol. The van der Waals surface area contributed by atoms with E-state index in [-0.39, 0.29) is 6.79 Å². The van der Waals surface area contributed by atoms with Crippen molar-refractivity contribution in [1.29, 1.82) is 0 Å². The second-order valence-electron chi connectivity index (χ2n) is 9.46. The molecule has 158 valence electrons. The Morgan fingerprint density at radius 1 is 1.07 bits per heavy atom. The van der Waals surface area contributed by atoms with Crippen LogP contribution in [0, 0.1) is 11.8 Å². The second-order valence-corrected chi connectivity index (χ2v) is 9.46. The highest BCUT2D eigenvalue weighted by atomic mass is 16.8. The first-order valence-corrected chi connectivity index (χ1v) is 11.5. The van der Waals surface area contributed by atoms with Crippen LogP contribution in [0.4, 0.5) is 4.79 Å². The van der Waals surface area contributed by atoms with Gasteiger partial charge in [-0.05, 0) is 80.2 Å². The van der Waals surface area contributed by atoms with Crippen molar-refractivity contribution >= 4 is 6.16 Å². The van der Waals surface area contributed by atoms with Crippen LogP contribution < -0.4 is 10.1 Å². The molecule has 2 saturated carbocycles. The molecule has 4 aliphatic rings. The quantitative estimate of drug-likeness (QED) is 0.574. The van der Waals surface area contributed by atoms with Crippen LogP contribution in [0.25, 0.3) is 0 Å². The lowest BCUT2D eigenvalue weighted by atomic mass is 9.53. The molecule has 1 aromatic rings. The van der Waals surface area contributed by atoms with Crippen molar-refractivity contribution in [3.8, 4) is 5.75 Å². The molecule has 2 bridgehead atoms. The van der Waals surface area contributed by atoms with E-state index in [4.69, 9.17) is 14.2 Å². The van der Waals surface area contributed by atoms with Crippen LogP contribution in [0.3, 0.4) is 0 Å². The summed E-state index contributed by atoms with van der Waals surface area (Å²) in [5.41, 5.74) is 3.26. The van der Waals surface area contributed by atoms with Crippen LogP contribution in [-0.4, -0.2) is 32.1 Å². The van der Waals surface area contributed by atoms with Gasteiger partial charge in [0.25, 0.3) is 0 Å². The highest BCUT2D eigenvalue weighted by molar-refractivity contribution is 5.59. The molecule has 1 aliphatic heterocycles. The van der Waals surface area contributed by atoms with E-state index in [1.807, 2.05) is 6.07 Å². The second kappa shape index (κ2) is 8.17. The number of nitrogens with one attached hydrogen (secondary N) is 1. The van der Waals surface area contributed by atoms with Crippen LogP contribution in [0.5, 0.6) is 5.75 Å². The molecule has 0 unspecified atom stereocenters. The van der Waals surface area contributed by atoms with Gasteiger partial charge in [0.2, 0.25) is 6.79 Å². The van der Waals surface area contributed by atoms with Crippen LogP contribution >= 0.6 is 0 Å². The molecule has 0 aromatic heterocycles. The first-order chi connectivity index (χ1) is 14.2. The van der Waals surface area contributed by atoms with E-state index in [0.717, 1.165) is 37.5 Å². The Balaban J connectivity index is 1.21. The predicted molar refractivity (Wildman–Crippen MR) is 110 cm³/mol. The molecule has 3 atom stereocenters. The van der Waals surface area contributed by atoms with Crippen molar-refractivity contribution in [2.45, 2.75) is 75.7 Å². The fourth-order valence-corrected chi connectivity index (χ4v) is 6.54. The highest BCUT2D eigenvalue weighted by Crippen LogP contribution is 2.54. The van der Waals surface area contributed by atoms with Crippen molar-refractivity contribution in [1.82, 2.24) is 5.32 Å². The first kappa shape index (κ1) is 19.2. The standard InChI is InChI=1S/C24H33NO4/c26-23(27-15-17-5-1-2-6-17)29-16-28-19-9-8-18-13-22-20-7-3-4-10-24(20,11-12-25-22)21(18)14-19/h8-9,14,17,20,22,25H,1-7,10-13,15-16H2/t20-,22-,24+/m1/s1. The summed E-state index contributed by atoms with van der Waals surface area (Å²) in [5, 5.41) is 3.78. The molecular weight excluding hydrogens is 366 g/mol. The lowest BCUT2D eigenvalue weighted by Crippen LogP contribution is -2.59. The molecule has 3 aliphatic carbocycles.